The molecule has 11 heteroatoms. The Morgan fingerprint density at radius 3 is 1.83 bits per heavy atom. The van der Waals surface area contributed by atoms with Gasteiger partial charge in [0.1, 0.15) is 48.8 Å². The lowest BCUT2D eigenvalue weighted by molar-refractivity contribution is -0.355. The zero-order valence-electron chi connectivity index (χ0n) is 12.0. The molecule has 2 heterocycles. The van der Waals surface area contributed by atoms with Crippen molar-refractivity contribution in [2.24, 2.45) is 0 Å². The van der Waals surface area contributed by atoms with Gasteiger partial charge in [0.2, 0.25) is 0 Å². The Bertz CT molecular complexity index is 378. The first-order valence-electron chi connectivity index (χ1n) is 7.08. The van der Waals surface area contributed by atoms with Gasteiger partial charge in [0.15, 0.2) is 12.6 Å². The summed E-state index contributed by atoms with van der Waals surface area (Å²) in [5.74, 6) is 0. The molecule has 0 bridgehead atoms. The predicted molar refractivity (Wildman–Crippen MR) is 68.6 cm³/mol. The molecule has 0 spiro atoms. The van der Waals surface area contributed by atoms with Crippen LogP contribution in [0.3, 0.4) is 0 Å². The third-order valence-electron chi connectivity index (χ3n) is 3.98. The minimum absolute atomic E-state index is 0.667. The van der Waals surface area contributed by atoms with Crippen molar-refractivity contribution in [2.75, 3.05) is 13.2 Å². The van der Waals surface area contributed by atoms with Crippen molar-refractivity contribution >= 4 is 0 Å². The van der Waals surface area contributed by atoms with E-state index < -0.39 is 74.6 Å². The van der Waals surface area contributed by atoms with Crippen LogP contribution < -0.4 is 0 Å². The topological polar surface area (TPSA) is 190 Å². The van der Waals surface area contributed by atoms with Crippen LogP contribution in [0, 0.1) is 0 Å². The predicted octanol–water partition coefficient (Wildman–Crippen LogP) is -5.40. The van der Waals surface area contributed by atoms with E-state index in [-0.39, 0.29) is 0 Å². The minimum Gasteiger partial charge on any atom is -0.394 e. The van der Waals surface area contributed by atoms with E-state index in [1.54, 1.807) is 0 Å². The third kappa shape index (κ3) is 3.65. The molecule has 0 radical (unpaired) electrons. The molecule has 1 unspecified atom stereocenters. The first-order chi connectivity index (χ1) is 10.8. The Hall–Kier alpha value is -0.440. The highest BCUT2D eigenvalue weighted by molar-refractivity contribution is 4.93. The lowest BCUT2D eigenvalue weighted by Crippen LogP contribution is -2.64. The normalized spacial score (nSPS) is 51.7. The highest BCUT2D eigenvalue weighted by Crippen LogP contribution is 2.28. The van der Waals surface area contributed by atoms with Gasteiger partial charge >= 0.3 is 0 Å². The van der Waals surface area contributed by atoms with Crippen molar-refractivity contribution < 1.29 is 55.1 Å². The second kappa shape index (κ2) is 7.63. The molecule has 2 aliphatic rings. The van der Waals surface area contributed by atoms with Gasteiger partial charge in [-0.05, 0) is 0 Å². The van der Waals surface area contributed by atoms with Crippen molar-refractivity contribution in [1.29, 1.82) is 0 Å². The van der Waals surface area contributed by atoms with Crippen molar-refractivity contribution in [3.63, 3.8) is 0 Å². The molecule has 2 rings (SSSR count). The van der Waals surface area contributed by atoms with Crippen LogP contribution in [0.1, 0.15) is 0 Å². The quantitative estimate of drug-likeness (QED) is 0.243. The molecule has 10 atom stereocenters. The maximum Gasteiger partial charge on any atom is 0.187 e. The molecular weight excluding hydrogens is 320 g/mol. The smallest absolute Gasteiger partial charge is 0.187 e. The summed E-state index contributed by atoms with van der Waals surface area (Å²) in [5.41, 5.74) is 0. The van der Waals surface area contributed by atoms with Crippen LogP contribution in [0.2, 0.25) is 0 Å². The lowest BCUT2D eigenvalue weighted by atomic mass is 9.97. The number of ether oxygens (including phenoxy) is 3. The molecule has 2 saturated heterocycles. The Morgan fingerprint density at radius 2 is 1.26 bits per heavy atom. The summed E-state index contributed by atoms with van der Waals surface area (Å²) < 4.78 is 15.3. The summed E-state index contributed by atoms with van der Waals surface area (Å²) in [6.07, 6.45) is -15.6. The number of aliphatic hydroxyl groups is 8. The van der Waals surface area contributed by atoms with Crippen molar-refractivity contribution in [1.82, 2.24) is 0 Å². The van der Waals surface area contributed by atoms with Crippen LogP contribution in [-0.2, 0) is 14.2 Å². The van der Waals surface area contributed by atoms with E-state index >= 15 is 0 Å². The number of hydrogen-bond acceptors (Lipinski definition) is 11. The first-order valence-corrected chi connectivity index (χ1v) is 7.08. The van der Waals surface area contributed by atoms with Gasteiger partial charge in [-0.25, -0.2) is 0 Å². The Kier molecular flexibility index (Phi) is 6.27. The highest BCUT2D eigenvalue weighted by Gasteiger charge is 2.50. The van der Waals surface area contributed by atoms with Crippen molar-refractivity contribution in [2.45, 2.75) is 61.4 Å². The zero-order valence-corrected chi connectivity index (χ0v) is 12.0. The van der Waals surface area contributed by atoms with Gasteiger partial charge in [0, 0.05) is 0 Å². The molecule has 0 aromatic heterocycles. The van der Waals surface area contributed by atoms with Crippen molar-refractivity contribution in [3.8, 4) is 0 Å². The maximum absolute atomic E-state index is 9.94. The van der Waals surface area contributed by atoms with Gasteiger partial charge in [-0.1, -0.05) is 0 Å². The number of hydrogen-bond donors (Lipinski definition) is 8. The van der Waals surface area contributed by atoms with E-state index in [9.17, 15) is 35.7 Å². The van der Waals surface area contributed by atoms with Crippen molar-refractivity contribution in [3.05, 3.63) is 0 Å². The molecule has 136 valence electrons. The minimum atomic E-state index is -1.74. The maximum atomic E-state index is 9.94. The summed E-state index contributed by atoms with van der Waals surface area (Å²) in [5, 5.41) is 76.5. The monoisotopic (exact) mass is 342 g/mol. The molecular formula is C12H22O11. The van der Waals surface area contributed by atoms with E-state index in [0.717, 1.165) is 0 Å². The van der Waals surface area contributed by atoms with Crippen LogP contribution in [0.4, 0.5) is 0 Å². The lowest BCUT2D eigenvalue weighted by Gasteiger charge is -2.45. The van der Waals surface area contributed by atoms with Crippen LogP contribution in [0.5, 0.6) is 0 Å². The molecule has 0 aliphatic carbocycles. The van der Waals surface area contributed by atoms with Gasteiger partial charge in [0.05, 0.1) is 13.2 Å². The van der Waals surface area contributed by atoms with Gasteiger partial charge in [-0.2, -0.15) is 0 Å². The molecule has 2 aliphatic heterocycles. The third-order valence-corrected chi connectivity index (χ3v) is 3.98. The average Bonchev–Trinajstić information content (AvgIpc) is 2.55. The fraction of sp³-hybridized carbons (Fsp3) is 1.00. The second-order valence-electron chi connectivity index (χ2n) is 5.53. The fourth-order valence-corrected chi connectivity index (χ4v) is 2.57. The second-order valence-corrected chi connectivity index (χ2v) is 5.53. The van der Waals surface area contributed by atoms with Crippen LogP contribution >= 0.6 is 0 Å². The Balaban J connectivity index is 2.11. The van der Waals surface area contributed by atoms with Crippen LogP contribution in [0.15, 0.2) is 0 Å². The van der Waals surface area contributed by atoms with Crippen LogP contribution in [-0.4, -0.2) is 115 Å². The van der Waals surface area contributed by atoms with E-state index in [2.05, 4.69) is 0 Å². The van der Waals surface area contributed by atoms with Gasteiger partial charge < -0.3 is 55.1 Å². The summed E-state index contributed by atoms with van der Waals surface area (Å²) in [4.78, 5) is 0. The molecule has 0 aromatic carbocycles. The van der Waals surface area contributed by atoms with Gasteiger partial charge in [0.25, 0.3) is 0 Å². The number of rotatable bonds is 4. The first kappa shape index (κ1) is 18.9. The largest absolute Gasteiger partial charge is 0.394 e. The van der Waals surface area contributed by atoms with Crippen LogP contribution in [0.25, 0.3) is 0 Å². The Morgan fingerprint density at radius 1 is 0.652 bits per heavy atom. The zero-order chi connectivity index (χ0) is 17.3. The SMILES string of the molecule is OC[C@H]1OC(O[C@@H]2[C@H](O)[C@@H](O)[C@H](O)O[C@@H]2CO)[C@H](O)[C@@H](O)[C@@H]1O. The molecule has 0 aromatic rings. The molecule has 0 saturated carbocycles. The standard InChI is InChI=1S/C12H22O11/c13-1-3-5(15)6(16)9(19)12(22-3)23-10-4(2-14)21-11(20)8(18)7(10)17/h3-20H,1-2H2/t3-,4-,5-,6+,7-,8-,9-,10+,11-,12?/m1/s1. The Labute approximate surface area is 130 Å². The van der Waals surface area contributed by atoms with E-state index in [1.807, 2.05) is 0 Å². The molecule has 11 nitrogen and oxygen atoms in total. The van der Waals surface area contributed by atoms with Gasteiger partial charge in [-0.15, -0.1) is 0 Å². The van der Waals surface area contributed by atoms with E-state index in [1.165, 1.54) is 0 Å². The molecule has 23 heavy (non-hydrogen) atoms. The van der Waals surface area contributed by atoms with Gasteiger partial charge in [-0.3, -0.25) is 0 Å². The number of aliphatic hydroxyl groups excluding tert-OH is 8. The molecule has 8 N–H and O–H groups in total. The summed E-state index contributed by atoms with van der Waals surface area (Å²) >= 11 is 0. The fourth-order valence-electron chi connectivity index (χ4n) is 2.57. The summed E-state index contributed by atoms with van der Waals surface area (Å²) in [6.45, 7) is -1.35. The summed E-state index contributed by atoms with van der Waals surface area (Å²) in [6, 6.07) is 0. The highest BCUT2D eigenvalue weighted by atomic mass is 16.7. The molecule has 0 amide bonds. The van der Waals surface area contributed by atoms with E-state index in [0.29, 0.717) is 0 Å². The molecule has 2 fully saturated rings. The average molecular weight is 342 g/mol. The van der Waals surface area contributed by atoms with E-state index in [4.69, 9.17) is 19.3 Å². The summed E-state index contributed by atoms with van der Waals surface area (Å²) in [7, 11) is 0.